The van der Waals surface area contributed by atoms with E-state index in [9.17, 15) is 0 Å². The third kappa shape index (κ3) is 2.42. The molecule has 0 heteroatoms. The molecule has 0 saturated carbocycles. The van der Waals surface area contributed by atoms with Gasteiger partial charge >= 0.3 is 0 Å². The van der Waals surface area contributed by atoms with Crippen molar-refractivity contribution in [3.63, 3.8) is 0 Å². The Morgan fingerprint density at radius 1 is 1.33 bits per heavy atom. The topological polar surface area (TPSA) is 0 Å². The minimum atomic E-state index is -0.135. The number of rotatable bonds is 3. The monoisotopic (exact) mass is 238 g/mol. The van der Waals surface area contributed by atoms with Crippen LogP contribution in [0.4, 0.5) is 0 Å². The van der Waals surface area contributed by atoms with Crippen LogP contribution >= 0.6 is 0 Å². The van der Waals surface area contributed by atoms with Crippen LogP contribution in [0.5, 0.6) is 0 Å². The fourth-order valence-electron chi connectivity index (χ4n) is 2.28. The molecule has 0 unspecified atom stereocenters. The fourth-order valence-corrected chi connectivity index (χ4v) is 2.28. The fraction of sp³-hybridized carbons (Fsp3) is 0.389. The Bertz CT molecular complexity index is 530. The molecule has 0 spiro atoms. The van der Waals surface area contributed by atoms with Gasteiger partial charge in [0, 0.05) is 11.0 Å². The molecule has 0 aliphatic heterocycles. The van der Waals surface area contributed by atoms with Gasteiger partial charge < -0.3 is 0 Å². The molecule has 0 heterocycles. The smallest absolute Gasteiger partial charge is 0.0286 e. The van der Waals surface area contributed by atoms with Crippen molar-refractivity contribution in [1.82, 2.24) is 0 Å². The summed E-state index contributed by atoms with van der Waals surface area (Å²) in [5, 5.41) is 0. The van der Waals surface area contributed by atoms with Crippen molar-refractivity contribution in [1.29, 1.82) is 0 Å². The summed E-state index contributed by atoms with van der Waals surface area (Å²) in [6.45, 7) is 14.6. The van der Waals surface area contributed by atoms with Crippen molar-refractivity contribution in [2.24, 2.45) is 0 Å². The van der Waals surface area contributed by atoms with Gasteiger partial charge in [0.1, 0.15) is 0 Å². The minimum absolute atomic E-state index is 0.135. The van der Waals surface area contributed by atoms with Crippen molar-refractivity contribution >= 4 is 0 Å². The molecule has 0 radical (unpaired) electrons. The van der Waals surface area contributed by atoms with Crippen LogP contribution in [-0.2, 0) is 5.41 Å². The van der Waals surface area contributed by atoms with E-state index < -0.39 is 0 Å². The molecule has 0 aromatic heterocycles. The standard InChI is InChI=1S/C18H22/c1-8-14(5)18(6,7)17-15(9-2)11-10-12-16(17)13(3)4/h2,10-13H,1H2,3-7H3. The Labute approximate surface area is 111 Å². The van der Waals surface area contributed by atoms with Gasteiger partial charge in [0.15, 0.2) is 0 Å². The second-order valence-corrected chi connectivity index (χ2v) is 5.50. The lowest BCUT2D eigenvalue weighted by Crippen LogP contribution is -2.22. The van der Waals surface area contributed by atoms with Gasteiger partial charge in [0.2, 0.25) is 0 Å². The Hall–Kier alpha value is -1.70. The first-order valence-corrected chi connectivity index (χ1v) is 6.33. The highest BCUT2D eigenvalue weighted by atomic mass is 14.3. The molecule has 18 heavy (non-hydrogen) atoms. The summed E-state index contributed by atoms with van der Waals surface area (Å²) in [6.07, 6.45) is 5.66. The van der Waals surface area contributed by atoms with Crippen molar-refractivity contribution < 1.29 is 0 Å². The first-order chi connectivity index (χ1) is 8.36. The van der Waals surface area contributed by atoms with Crippen LogP contribution in [0, 0.1) is 12.3 Å². The average Bonchev–Trinajstić information content (AvgIpc) is 2.36. The van der Waals surface area contributed by atoms with E-state index in [1.165, 1.54) is 11.1 Å². The van der Waals surface area contributed by atoms with Gasteiger partial charge in [-0.2, -0.15) is 0 Å². The summed E-state index contributed by atoms with van der Waals surface area (Å²) >= 11 is 0. The molecule has 0 aliphatic carbocycles. The lowest BCUT2D eigenvalue weighted by molar-refractivity contribution is 0.608. The molecule has 94 valence electrons. The Morgan fingerprint density at radius 2 is 1.94 bits per heavy atom. The first-order valence-electron chi connectivity index (χ1n) is 6.33. The van der Waals surface area contributed by atoms with Crippen LogP contribution in [0.25, 0.3) is 0 Å². The maximum Gasteiger partial charge on any atom is 0.0286 e. The zero-order valence-corrected chi connectivity index (χ0v) is 12.1. The third-order valence-electron chi connectivity index (χ3n) is 3.70. The van der Waals surface area contributed by atoms with E-state index in [0.717, 1.165) is 11.1 Å². The molecule has 0 aliphatic rings. The molecule has 1 aromatic carbocycles. The van der Waals surface area contributed by atoms with E-state index in [2.05, 4.69) is 58.9 Å². The molecule has 0 atom stereocenters. The van der Waals surface area contributed by atoms with Crippen LogP contribution in [0.15, 0.2) is 36.1 Å². The lowest BCUT2D eigenvalue weighted by Gasteiger charge is -2.30. The second kappa shape index (κ2) is 5.30. The predicted octanol–water partition coefficient (Wildman–Crippen LogP) is 4.80. The van der Waals surface area contributed by atoms with Crippen molar-refractivity contribution in [2.45, 2.75) is 46.0 Å². The largest absolute Gasteiger partial charge is 0.129 e. The van der Waals surface area contributed by atoms with Gasteiger partial charge in [0.05, 0.1) is 0 Å². The molecule has 1 aromatic rings. The number of allylic oxidation sites excluding steroid dienone is 1. The molecule has 0 fully saturated rings. The zero-order chi connectivity index (χ0) is 13.9. The van der Waals surface area contributed by atoms with Crippen LogP contribution in [0.1, 0.15) is 57.2 Å². The van der Waals surface area contributed by atoms with E-state index in [4.69, 9.17) is 6.42 Å². The van der Waals surface area contributed by atoms with Crippen LogP contribution < -0.4 is 0 Å². The van der Waals surface area contributed by atoms with Gasteiger partial charge in [-0.15, -0.1) is 12.2 Å². The average molecular weight is 238 g/mol. The van der Waals surface area contributed by atoms with Gasteiger partial charge in [-0.25, -0.2) is 0 Å². The molecule has 0 nitrogen and oxygen atoms in total. The summed E-state index contributed by atoms with van der Waals surface area (Å²) in [5.41, 5.74) is 7.52. The zero-order valence-electron chi connectivity index (χ0n) is 12.1. The third-order valence-corrected chi connectivity index (χ3v) is 3.70. The summed E-state index contributed by atoms with van der Waals surface area (Å²) in [6, 6.07) is 6.22. The highest BCUT2D eigenvalue weighted by Crippen LogP contribution is 2.37. The van der Waals surface area contributed by atoms with Crippen molar-refractivity contribution in [2.75, 3.05) is 0 Å². The minimum Gasteiger partial charge on any atom is -0.129 e. The highest BCUT2D eigenvalue weighted by Gasteiger charge is 2.28. The second-order valence-electron chi connectivity index (χ2n) is 5.50. The van der Waals surface area contributed by atoms with Crippen LogP contribution in [0.2, 0.25) is 0 Å². The molecule has 0 saturated heterocycles. The summed E-state index contributed by atoms with van der Waals surface area (Å²) < 4.78 is 0. The Kier molecular flexibility index (Phi) is 4.23. The Balaban J connectivity index is 3.66. The van der Waals surface area contributed by atoms with Crippen molar-refractivity contribution in [3.8, 4) is 12.3 Å². The maximum absolute atomic E-state index is 5.66. The number of hydrogen-bond acceptors (Lipinski definition) is 0. The van der Waals surface area contributed by atoms with Gasteiger partial charge in [-0.1, -0.05) is 52.3 Å². The maximum atomic E-state index is 5.66. The molecule has 0 N–H and O–H groups in total. The van der Waals surface area contributed by atoms with Gasteiger partial charge in [-0.3, -0.25) is 0 Å². The molecular weight excluding hydrogens is 216 g/mol. The van der Waals surface area contributed by atoms with Crippen LogP contribution in [-0.4, -0.2) is 0 Å². The van der Waals surface area contributed by atoms with E-state index >= 15 is 0 Å². The SMILES string of the molecule is C#Cc1cccc(C(C)C)c1C(C)(C)C(C)=C=C. The Morgan fingerprint density at radius 3 is 2.39 bits per heavy atom. The lowest BCUT2D eigenvalue weighted by atomic mass is 9.72. The van der Waals surface area contributed by atoms with Crippen LogP contribution in [0.3, 0.4) is 0 Å². The van der Waals surface area contributed by atoms with Gasteiger partial charge in [0.25, 0.3) is 0 Å². The van der Waals surface area contributed by atoms with Crippen molar-refractivity contribution in [3.05, 3.63) is 52.8 Å². The number of terminal acetylenes is 1. The van der Waals surface area contributed by atoms with Gasteiger partial charge in [-0.05, 0) is 35.6 Å². The molecule has 0 bridgehead atoms. The number of benzene rings is 1. The summed E-state index contributed by atoms with van der Waals surface area (Å²) in [7, 11) is 0. The van der Waals surface area contributed by atoms with E-state index in [0.29, 0.717) is 5.92 Å². The summed E-state index contributed by atoms with van der Waals surface area (Å²) in [4.78, 5) is 0. The highest BCUT2D eigenvalue weighted by molar-refractivity contribution is 5.52. The van der Waals surface area contributed by atoms with E-state index in [1.54, 1.807) is 0 Å². The molecule has 1 rings (SSSR count). The molecule has 0 amide bonds. The van der Waals surface area contributed by atoms with E-state index in [-0.39, 0.29) is 5.41 Å². The quantitative estimate of drug-likeness (QED) is 0.524. The molecular formula is C18H22. The normalized spacial score (nSPS) is 10.9. The summed E-state index contributed by atoms with van der Waals surface area (Å²) in [5.74, 6) is 3.26. The number of hydrogen-bond donors (Lipinski definition) is 0. The predicted molar refractivity (Wildman–Crippen MR) is 79.8 cm³/mol. The van der Waals surface area contributed by atoms with E-state index in [1.807, 2.05) is 12.1 Å². The first kappa shape index (κ1) is 14.4.